The van der Waals surface area contributed by atoms with Gasteiger partial charge in [0.2, 0.25) is 0 Å². The molecular weight excluding hydrogens is 503 g/mol. The van der Waals surface area contributed by atoms with E-state index in [2.05, 4.69) is 47.5 Å². The summed E-state index contributed by atoms with van der Waals surface area (Å²) in [5.41, 5.74) is 8.91. The van der Waals surface area contributed by atoms with Crippen molar-refractivity contribution >= 4 is 41.9 Å². The molecule has 31 heavy (non-hydrogen) atoms. The molecule has 1 amide bonds. The van der Waals surface area contributed by atoms with Crippen LogP contribution in [0.2, 0.25) is 0 Å². The molecule has 1 saturated heterocycles. The summed E-state index contributed by atoms with van der Waals surface area (Å²) in [6.45, 7) is 5.22. The number of rotatable bonds is 7. The second-order valence-corrected chi connectivity index (χ2v) is 7.27. The van der Waals surface area contributed by atoms with E-state index in [1.807, 2.05) is 30.3 Å². The molecule has 1 heterocycles. The van der Waals surface area contributed by atoms with E-state index in [1.54, 1.807) is 0 Å². The van der Waals surface area contributed by atoms with Gasteiger partial charge in [-0.05, 0) is 43.0 Å². The van der Waals surface area contributed by atoms with Crippen molar-refractivity contribution < 1.29 is 9.53 Å². The predicted octanol–water partition coefficient (Wildman–Crippen LogP) is 3.81. The highest BCUT2D eigenvalue weighted by molar-refractivity contribution is 14.0. The quantitative estimate of drug-likeness (QED) is 0.322. The normalized spacial score (nSPS) is 13.9. The number of halogens is 1. The van der Waals surface area contributed by atoms with Crippen molar-refractivity contribution in [2.75, 3.05) is 26.2 Å². The molecule has 2 aromatic carbocycles. The molecule has 3 N–H and O–H groups in total. The van der Waals surface area contributed by atoms with Crippen molar-refractivity contribution in [1.82, 2.24) is 10.2 Å². The van der Waals surface area contributed by atoms with Gasteiger partial charge in [-0.3, -0.25) is 4.79 Å². The largest absolute Gasteiger partial charge is 0.484 e. The van der Waals surface area contributed by atoms with Crippen LogP contribution in [0.4, 0.5) is 0 Å². The number of primary amides is 1. The Labute approximate surface area is 201 Å². The summed E-state index contributed by atoms with van der Waals surface area (Å²) >= 11 is 0. The number of likely N-dealkylation sites (tertiary alicyclic amines) is 1. The van der Waals surface area contributed by atoms with E-state index >= 15 is 0 Å². The van der Waals surface area contributed by atoms with Gasteiger partial charge in [0.25, 0.3) is 5.91 Å². The van der Waals surface area contributed by atoms with Crippen LogP contribution in [-0.4, -0.2) is 43.0 Å². The number of hydrogen-bond donors (Lipinski definition) is 2. The maximum absolute atomic E-state index is 10.9. The van der Waals surface area contributed by atoms with E-state index in [0.29, 0.717) is 12.3 Å². The van der Waals surface area contributed by atoms with Crippen LogP contribution in [-0.2, 0) is 11.3 Å². The number of carbonyl (C=O) groups is 1. The van der Waals surface area contributed by atoms with Crippen LogP contribution >= 0.6 is 24.0 Å². The third-order valence-electron chi connectivity index (χ3n) is 4.90. The molecule has 0 atom stereocenters. The molecule has 3 rings (SSSR count). The molecule has 0 saturated carbocycles. The van der Waals surface area contributed by atoms with E-state index in [1.165, 1.54) is 11.1 Å². The first kappa shape index (κ1) is 24.7. The maximum Gasteiger partial charge on any atom is 0.255 e. The van der Waals surface area contributed by atoms with Crippen LogP contribution < -0.4 is 15.8 Å². The van der Waals surface area contributed by atoms with Gasteiger partial charge in [0.1, 0.15) is 5.75 Å². The topological polar surface area (TPSA) is 80.0 Å². The minimum atomic E-state index is -0.487. The molecule has 7 heteroatoms. The molecule has 1 fully saturated rings. The average Bonchev–Trinajstić information content (AvgIpc) is 2.77. The Balaban J connectivity index is 0.00000341. The summed E-state index contributed by atoms with van der Waals surface area (Å²) in [5.74, 6) is 1.07. The Morgan fingerprint density at radius 2 is 1.90 bits per heavy atom. The number of amides is 1. The highest BCUT2D eigenvalue weighted by Gasteiger charge is 2.17. The monoisotopic (exact) mass is 534 g/mol. The van der Waals surface area contributed by atoms with Gasteiger partial charge in [-0.1, -0.05) is 54.1 Å². The number of nitrogens with zero attached hydrogens (tertiary/aromatic N) is 2. The van der Waals surface area contributed by atoms with Crippen molar-refractivity contribution in [3.63, 3.8) is 0 Å². The van der Waals surface area contributed by atoms with Crippen molar-refractivity contribution in [2.45, 2.75) is 26.3 Å². The molecule has 0 spiro atoms. The average molecular weight is 534 g/mol. The lowest BCUT2D eigenvalue weighted by molar-refractivity contribution is -0.119. The summed E-state index contributed by atoms with van der Waals surface area (Å²) in [7, 11) is 0. The van der Waals surface area contributed by atoms with Crippen LogP contribution in [0, 0.1) is 0 Å². The van der Waals surface area contributed by atoms with Crippen LogP contribution in [0.5, 0.6) is 5.75 Å². The molecule has 0 radical (unpaired) electrons. The van der Waals surface area contributed by atoms with Gasteiger partial charge in [-0.15, -0.1) is 24.0 Å². The first-order valence-electron chi connectivity index (χ1n) is 10.4. The number of nitrogens with two attached hydrogens (primary N) is 1. The summed E-state index contributed by atoms with van der Waals surface area (Å²) in [4.78, 5) is 18.0. The first-order valence-corrected chi connectivity index (χ1v) is 10.4. The summed E-state index contributed by atoms with van der Waals surface area (Å²) in [5, 5.41) is 3.41. The number of nitrogens with one attached hydrogen (secondary N) is 1. The molecule has 0 aromatic heterocycles. The Kier molecular flexibility index (Phi) is 10.4. The van der Waals surface area contributed by atoms with E-state index in [0.717, 1.165) is 44.0 Å². The van der Waals surface area contributed by atoms with E-state index in [4.69, 9.17) is 15.5 Å². The van der Waals surface area contributed by atoms with Gasteiger partial charge in [0, 0.05) is 19.6 Å². The van der Waals surface area contributed by atoms with Gasteiger partial charge in [-0.25, -0.2) is 4.99 Å². The Morgan fingerprint density at radius 3 is 2.58 bits per heavy atom. The maximum atomic E-state index is 10.9. The third kappa shape index (κ3) is 8.24. The highest BCUT2D eigenvalue weighted by atomic mass is 127. The lowest BCUT2D eigenvalue weighted by Gasteiger charge is -2.31. The number of piperidine rings is 1. The summed E-state index contributed by atoms with van der Waals surface area (Å²) in [6, 6.07) is 18.1. The van der Waals surface area contributed by atoms with Crippen LogP contribution in [0.1, 0.15) is 30.9 Å². The number of carbonyl (C=O) groups excluding carboxylic acids is 1. The number of benzene rings is 2. The smallest absolute Gasteiger partial charge is 0.255 e. The molecular formula is C24H31IN4O2. The molecule has 0 aliphatic carbocycles. The number of ether oxygens (including phenoxy) is 1. The fourth-order valence-corrected chi connectivity index (χ4v) is 3.42. The van der Waals surface area contributed by atoms with Crippen molar-refractivity contribution in [3.05, 3.63) is 71.3 Å². The molecule has 1 aliphatic heterocycles. The third-order valence-corrected chi connectivity index (χ3v) is 4.90. The number of guanidine groups is 1. The Hall–Kier alpha value is -2.55. The standard InChI is InChI=1S/C24H30N4O2.HI/c1-2-26-24(27-17-21-9-6-10-22(16-21)30-18-23(25)29)28-13-11-20(12-14-28)15-19-7-4-3-5-8-19;/h3-10,15-16H,2,11-14,17-18H2,1H3,(H2,25,29)(H,26,27);1H. The second-order valence-electron chi connectivity index (χ2n) is 7.27. The van der Waals surface area contributed by atoms with E-state index in [-0.39, 0.29) is 30.6 Å². The van der Waals surface area contributed by atoms with Crippen LogP contribution in [0.25, 0.3) is 6.08 Å². The number of hydrogen-bond acceptors (Lipinski definition) is 3. The van der Waals surface area contributed by atoms with Gasteiger partial charge >= 0.3 is 0 Å². The molecule has 2 aromatic rings. The summed E-state index contributed by atoms with van der Waals surface area (Å²) in [6.07, 6.45) is 4.38. The van der Waals surface area contributed by atoms with E-state index in [9.17, 15) is 4.79 Å². The molecule has 166 valence electrons. The zero-order valence-electron chi connectivity index (χ0n) is 17.9. The fraction of sp³-hybridized carbons (Fsp3) is 0.333. The lowest BCUT2D eigenvalue weighted by atomic mass is 10.0. The van der Waals surface area contributed by atoms with Crippen molar-refractivity contribution in [1.29, 1.82) is 0 Å². The molecule has 1 aliphatic rings. The molecule has 0 bridgehead atoms. The van der Waals surface area contributed by atoms with Crippen LogP contribution in [0.15, 0.2) is 65.2 Å². The zero-order chi connectivity index (χ0) is 21.2. The first-order chi connectivity index (χ1) is 14.6. The minimum absolute atomic E-state index is 0. The predicted molar refractivity (Wildman–Crippen MR) is 137 cm³/mol. The Bertz CT molecular complexity index is 889. The Morgan fingerprint density at radius 1 is 1.16 bits per heavy atom. The molecule has 6 nitrogen and oxygen atoms in total. The lowest BCUT2D eigenvalue weighted by Crippen LogP contribution is -2.44. The number of aliphatic imine (C=N–C) groups is 1. The van der Waals surface area contributed by atoms with Gasteiger partial charge < -0.3 is 20.7 Å². The van der Waals surface area contributed by atoms with E-state index < -0.39 is 5.91 Å². The van der Waals surface area contributed by atoms with Crippen LogP contribution in [0.3, 0.4) is 0 Å². The highest BCUT2D eigenvalue weighted by Crippen LogP contribution is 2.20. The van der Waals surface area contributed by atoms with Gasteiger partial charge in [0.15, 0.2) is 12.6 Å². The van der Waals surface area contributed by atoms with Crippen molar-refractivity contribution in [2.24, 2.45) is 10.7 Å². The fourth-order valence-electron chi connectivity index (χ4n) is 3.42. The zero-order valence-corrected chi connectivity index (χ0v) is 20.3. The summed E-state index contributed by atoms with van der Waals surface area (Å²) < 4.78 is 5.38. The SMILES string of the molecule is CCNC(=NCc1cccc(OCC(N)=O)c1)N1CCC(=Cc2ccccc2)CC1.I. The van der Waals surface area contributed by atoms with Crippen molar-refractivity contribution in [3.8, 4) is 5.75 Å². The molecule has 0 unspecified atom stereocenters. The van der Waals surface area contributed by atoms with Gasteiger partial charge in [0.05, 0.1) is 6.54 Å². The van der Waals surface area contributed by atoms with Gasteiger partial charge in [-0.2, -0.15) is 0 Å². The minimum Gasteiger partial charge on any atom is -0.484 e. The second kappa shape index (κ2) is 13.0.